The largest absolute Gasteiger partial charge is 0.465 e. The van der Waals surface area contributed by atoms with Gasteiger partial charge in [-0.05, 0) is 54.4 Å². The zero-order valence-electron chi connectivity index (χ0n) is 21.2. The number of hydrogen-bond acceptors (Lipinski definition) is 5. The van der Waals surface area contributed by atoms with Crippen LogP contribution in [0.1, 0.15) is 43.5 Å². The Morgan fingerprint density at radius 1 is 1.00 bits per heavy atom. The lowest BCUT2D eigenvalue weighted by Gasteiger charge is -2.27. The molecule has 1 amide bonds. The highest BCUT2D eigenvalue weighted by molar-refractivity contribution is 7.89. The summed E-state index contributed by atoms with van der Waals surface area (Å²) in [7, 11) is -2.63. The number of rotatable bonds is 5. The summed E-state index contributed by atoms with van der Waals surface area (Å²) in [6.07, 6.45) is 1.81. The summed E-state index contributed by atoms with van der Waals surface area (Å²) in [5.74, 6) is -1.39. The third-order valence-electron chi connectivity index (χ3n) is 7.28. The fraction of sp³-hybridized carbons (Fsp3) is 0.172. The van der Waals surface area contributed by atoms with Crippen LogP contribution >= 0.6 is 0 Å². The molecule has 1 aliphatic heterocycles. The Balaban J connectivity index is 1.57. The number of sulfonamides is 1. The summed E-state index contributed by atoms with van der Waals surface area (Å²) in [4.78, 5) is 32.2. The quantitative estimate of drug-likeness (QED) is 0.250. The summed E-state index contributed by atoms with van der Waals surface area (Å²) in [6, 6.07) is 18.6. The lowest BCUT2D eigenvalue weighted by molar-refractivity contribution is 0.0600. The molecular formula is C29H26N4O5S. The number of fused-ring (bicyclic) bond motifs is 4. The van der Waals surface area contributed by atoms with Gasteiger partial charge >= 0.3 is 5.97 Å². The van der Waals surface area contributed by atoms with Gasteiger partial charge in [0.1, 0.15) is 5.69 Å². The number of esters is 1. The molecule has 9 nitrogen and oxygen atoms in total. The number of aryl methyl sites for hydroxylation is 1. The maximum Gasteiger partial charge on any atom is 0.337 e. The summed E-state index contributed by atoms with van der Waals surface area (Å²) in [6.45, 7) is 1.94. The van der Waals surface area contributed by atoms with Crippen LogP contribution in [0.5, 0.6) is 0 Å². The fourth-order valence-electron chi connectivity index (χ4n) is 5.39. The summed E-state index contributed by atoms with van der Waals surface area (Å²) in [5, 5.41) is 4.43. The minimum Gasteiger partial charge on any atom is -0.465 e. The molecule has 0 saturated heterocycles. The maximum atomic E-state index is 13.6. The van der Waals surface area contributed by atoms with Crippen molar-refractivity contribution in [3.63, 3.8) is 0 Å². The number of H-pyrrole nitrogens is 2. The number of amides is 1. The first kappa shape index (κ1) is 24.9. The van der Waals surface area contributed by atoms with E-state index in [0.717, 1.165) is 32.9 Å². The first-order valence-corrected chi connectivity index (χ1v) is 13.9. The van der Waals surface area contributed by atoms with Crippen molar-refractivity contribution in [2.45, 2.75) is 23.8 Å². The average molecular weight is 543 g/mol. The van der Waals surface area contributed by atoms with Gasteiger partial charge in [-0.1, -0.05) is 35.9 Å². The molecule has 0 fully saturated rings. The van der Waals surface area contributed by atoms with Crippen molar-refractivity contribution in [1.82, 2.24) is 20.0 Å². The lowest BCUT2D eigenvalue weighted by Crippen LogP contribution is -2.45. The van der Waals surface area contributed by atoms with Crippen LogP contribution in [-0.4, -0.2) is 50.0 Å². The van der Waals surface area contributed by atoms with Gasteiger partial charge in [0.15, 0.2) is 0 Å². The highest BCUT2D eigenvalue weighted by Gasteiger charge is 2.38. The molecule has 4 N–H and O–H groups in total. The first-order valence-electron chi connectivity index (χ1n) is 12.4. The van der Waals surface area contributed by atoms with Crippen molar-refractivity contribution in [3.05, 3.63) is 101 Å². The predicted octanol–water partition coefficient (Wildman–Crippen LogP) is 3.97. The molecule has 0 unspecified atom stereocenters. The zero-order valence-corrected chi connectivity index (χ0v) is 22.1. The number of carbonyl (C=O) groups excluding carboxylic acids is 2. The van der Waals surface area contributed by atoms with Gasteiger partial charge in [0.2, 0.25) is 10.0 Å². The highest BCUT2D eigenvalue weighted by Crippen LogP contribution is 2.41. The third kappa shape index (κ3) is 4.27. The molecule has 3 aromatic carbocycles. The molecule has 0 radical (unpaired) electrons. The van der Waals surface area contributed by atoms with Gasteiger partial charge in [0.25, 0.3) is 5.91 Å². The van der Waals surface area contributed by atoms with E-state index < -0.39 is 28.0 Å². The number of para-hydroxylation sites is 1. The molecule has 2 aromatic heterocycles. The second kappa shape index (κ2) is 9.40. The van der Waals surface area contributed by atoms with E-state index in [1.165, 1.54) is 7.11 Å². The van der Waals surface area contributed by atoms with Gasteiger partial charge in [-0.3, -0.25) is 4.79 Å². The van der Waals surface area contributed by atoms with Crippen molar-refractivity contribution in [3.8, 4) is 0 Å². The Morgan fingerprint density at radius 3 is 2.54 bits per heavy atom. The van der Waals surface area contributed by atoms with E-state index in [-0.39, 0.29) is 17.3 Å². The third-order valence-corrected chi connectivity index (χ3v) is 8.78. The molecule has 0 spiro atoms. The molecule has 1 aliphatic rings. The van der Waals surface area contributed by atoms with E-state index in [1.54, 1.807) is 42.5 Å². The van der Waals surface area contributed by atoms with Gasteiger partial charge in [-0.25, -0.2) is 17.9 Å². The molecule has 0 bridgehead atoms. The number of benzene rings is 3. The Bertz CT molecular complexity index is 1850. The standard InChI is InChI=1S/C29H26N4O5S/c1-16-7-10-18(11-8-16)39(36,37)33-24-15-31-28(34)27-26(19-5-3-4-6-23(19)32-27)25(24)21-14-30-22-12-9-17(13-20(21)22)29(35)38-2/h3-14,24-25,30,32-33H,15H2,1-2H3,(H,31,34)/t24-,25+/m0/s1. The normalized spacial score (nSPS) is 17.5. The molecule has 6 rings (SSSR count). The molecule has 2 atom stereocenters. The van der Waals surface area contributed by atoms with Crippen LogP contribution in [-0.2, 0) is 14.8 Å². The van der Waals surface area contributed by atoms with Crippen LogP contribution in [0.4, 0.5) is 0 Å². The van der Waals surface area contributed by atoms with Gasteiger partial charge in [-0.2, -0.15) is 0 Å². The van der Waals surface area contributed by atoms with E-state index in [1.807, 2.05) is 37.4 Å². The fourth-order valence-corrected chi connectivity index (χ4v) is 6.64. The van der Waals surface area contributed by atoms with E-state index in [4.69, 9.17) is 4.74 Å². The molecule has 0 aliphatic carbocycles. The number of carbonyl (C=O) groups is 2. The molecule has 39 heavy (non-hydrogen) atoms. The molecular weight excluding hydrogens is 516 g/mol. The number of ether oxygens (including phenoxy) is 1. The monoisotopic (exact) mass is 542 g/mol. The van der Waals surface area contributed by atoms with Crippen LogP contribution in [0.25, 0.3) is 21.8 Å². The van der Waals surface area contributed by atoms with E-state index in [2.05, 4.69) is 20.0 Å². The van der Waals surface area contributed by atoms with Crippen molar-refractivity contribution in [2.24, 2.45) is 0 Å². The molecule has 10 heteroatoms. The summed E-state index contributed by atoms with van der Waals surface area (Å²) < 4.78 is 35.0. The number of aromatic amines is 2. The molecule has 3 heterocycles. The van der Waals surface area contributed by atoms with Crippen LogP contribution in [0.3, 0.4) is 0 Å². The Kier molecular flexibility index (Phi) is 6.00. The number of aromatic nitrogens is 2. The second-order valence-corrected chi connectivity index (χ2v) is 11.4. The average Bonchev–Trinajstić information content (AvgIpc) is 3.50. The minimum atomic E-state index is -3.95. The zero-order chi connectivity index (χ0) is 27.3. The second-order valence-electron chi connectivity index (χ2n) is 9.68. The smallest absolute Gasteiger partial charge is 0.337 e. The van der Waals surface area contributed by atoms with E-state index in [9.17, 15) is 18.0 Å². The Morgan fingerprint density at radius 2 is 1.77 bits per heavy atom. The van der Waals surface area contributed by atoms with Gasteiger partial charge in [0.05, 0.1) is 23.6 Å². The van der Waals surface area contributed by atoms with Crippen molar-refractivity contribution < 1.29 is 22.7 Å². The van der Waals surface area contributed by atoms with Crippen LogP contribution in [0.2, 0.25) is 0 Å². The van der Waals surface area contributed by atoms with Crippen LogP contribution in [0, 0.1) is 6.92 Å². The number of hydrogen-bond donors (Lipinski definition) is 4. The van der Waals surface area contributed by atoms with Crippen LogP contribution < -0.4 is 10.0 Å². The molecule has 0 saturated carbocycles. The van der Waals surface area contributed by atoms with Gasteiger partial charge < -0.3 is 20.0 Å². The van der Waals surface area contributed by atoms with Gasteiger partial charge in [0, 0.05) is 40.5 Å². The number of nitrogens with one attached hydrogen (secondary N) is 4. The van der Waals surface area contributed by atoms with E-state index in [0.29, 0.717) is 16.8 Å². The van der Waals surface area contributed by atoms with Gasteiger partial charge in [-0.15, -0.1) is 0 Å². The van der Waals surface area contributed by atoms with Crippen molar-refractivity contribution in [2.75, 3.05) is 13.7 Å². The first-order chi connectivity index (χ1) is 18.8. The predicted molar refractivity (Wildman–Crippen MR) is 147 cm³/mol. The summed E-state index contributed by atoms with van der Waals surface area (Å²) >= 11 is 0. The van der Waals surface area contributed by atoms with Crippen molar-refractivity contribution in [1.29, 1.82) is 0 Å². The van der Waals surface area contributed by atoms with E-state index >= 15 is 0 Å². The minimum absolute atomic E-state index is 0.0504. The number of methoxy groups -OCH3 is 1. The highest BCUT2D eigenvalue weighted by atomic mass is 32.2. The Labute approximate surface area is 224 Å². The topological polar surface area (TPSA) is 133 Å². The SMILES string of the molecule is COC(=O)c1ccc2[nH]cc([C@H]3c4c([nH]c5ccccc45)C(=O)NC[C@@H]3NS(=O)(=O)c3ccc(C)cc3)c2c1. The molecule has 5 aromatic rings. The van der Waals surface area contributed by atoms with Crippen LogP contribution in [0.15, 0.2) is 77.8 Å². The Hall–Kier alpha value is -4.41. The van der Waals surface area contributed by atoms with Crippen molar-refractivity contribution >= 4 is 43.7 Å². The maximum absolute atomic E-state index is 13.6. The molecule has 198 valence electrons. The lowest BCUT2D eigenvalue weighted by atomic mass is 9.84. The summed E-state index contributed by atoms with van der Waals surface area (Å²) in [5.41, 5.74) is 4.64.